The van der Waals surface area contributed by atoms with Crippen molar-refractivity contribution in [1.82, 2.24) is 24.2 Å². The number of aromatic nitrogens is 3. The molecule has 200 valence electrons. The van der Waals surface area contributed by atoms with Gasteiger partial charge in [-0.3, -0.25) is 9.48 Å². The van der Waals surface area contributed by atoms with Gasteiger partial charge in [-0.15, -0.1) is 5.10 Å². The zero-order valence-corrected chi connectivity index (χ0v) is 22.3. The molecule has 1 aliphatic rings. The first-order valence-corrected chi connectivity index (χ1v) is 14.0. The number of aliphatic hydroxyl groups is 1. The Kier molecular flexibility index (Phi) is 8.58. The van der Waals surface area contributed by atoms with Crippen LogP contribution in [0.25, 0.3) is 10.8 Å². The van der Waals surface area contributed by atoms with E-state index in [1.54, 1.807) is 40.9 Å². The molecule has 37 heavy (non-hydrogen) atoms. The lowest BCUT2D eigenvalue weighted by molar-refractivity contribution is -0.136. The number of amides is 1. The summed E-state index contributed by atoms with van der Waals surface area (Å²) in [4.78, 5) is 14.9. The Morgan fingerprint density at radius 2 is 1.97 bits per heavy atom. The minimum Gasteiger partial charge on any atom is -0.394 e. The number of carbonyl (C=O) groups excluding carboxylic acids is 1. The van der Waals surface area contributed by atoms with Crippen molar-refractivity contribution in [2.45, 2.75) is 56.9 Å². The first-order chi connectivity index (χ1) is 17.7. The van der Waals surface area contributed by atoms with Crippen LogP contribution in [0.4, 0.5) is 0 Å². The van der Waals surface area contributed by atoms with Gasteiger partial charge >= 0.3 is 0 Å². The molecule has 1 N–H and O–H groups in total. The Morgan fingerprint density at radius 3 is 2.73 bits per heavy atom. The van der Waals surface area contributed by atoms with Crippen LogP contribution in [0, 0.1) is 5.92 Å². The maximum Gasteiger partial charge on any atom is 0.242 e. The molecule has 11 heteroatoms. The predicted molar refractivity (Wildman–Crippen MR) is 139 cm³/mol. The zero-order valence-electron chi connectivity index (χ0n) is 21.5. The molecule has 0 saturated carbocycles. The highest BCUT2D eigenvalue weighted by atomic mass is 32.2. The van der Waals surface area contributed by atoms with Crippen LogP contribution in [0.5, 0.6) is 0 Å². The predicted octanol–water partition coefficient (Wildman–Crippen LogP) is 2.28. The number of aryl methyl sites for hydroxylation is 1. The molecular formula is C26H35N5O5S. The van der Waals surface area contributed by atoms with Gasteiger partial charge in [0.2, 0.25) is 15.9 Å². The summed E-state index contributed by atoms with van der Waals surface area (Å²) in [5.74, 6) is -0.285. The molecule has 1 aliphatic heterocycles. The van der Waals surface area contributed by atoms with Crippen molar-refractivity contribution >= 4 is 26.7 Å². The van der Waals surface area contributed by atoms with Crippen molar-refractivity contribution < 1.29 is 23.1 Å². The summed E-state index contributed by atoms with van der Waals surface area (Å²) in [7, 11) is -2.26. The summed E-state index contributed by atoms with van der Waals surface area (Å²) < 4.78 is 36.2. The first-order valence-electron chi connectivity index (χ1n) is 12.5. The van der Waals surface area contributed by atoms with E-state index < -0.39 is 16.1 Å². The molecule has 2 aromatic carbocycles. The maximum absolute atomic E-state index is 13.5. The van der Waals surface area contributed by atoms with E-state index in [1.165, 1.54) is 11.4 Å². The third-order valence-electron chi connectivity index (χ3n) is 6.91. The Bertz CT molecular complexity index is 1330. The van der Waals surface area contributed by atoms with Gasteiger partial charge in [-0.2, -0.15) is 4.31 Å². The smallest absolute Gasteiger partial charge is 0.242 e. The number of sulfonamides is 1. The summed E-state index contributed by atoms with van der Waals surface area (Å²) in [5.41, 5.74) is 0.642. The summed E-state index contributed by atoms with van der Waals surface area (Å²) in [6.07, 6.45) is 2.16. The SMILES string of the molecule is C[C@H](CO)N1C[C@H](C)[C@@H](CN(C)S(=O)(=O)c2ccc3ccccc3c2)OCc2cn(nn2)CCCC1=O. The molecule has 1 aromatic heterocycles. The van der Waals surface area contributed by atoms with E-state index in [-0.39, 0.29) is 42.5 Å². The Hall–Kier alpha value is -2.86. The van der Waals surface area contributed by atoms with Gasteiger partial charge in [0, 0.05) is 39.0 Å². The summed E-state index contributed by atoms with van der Waals surface area (Å²) in [5, 5.41) is 19.8. The number of likely N-dealkylation sites (N-methyl/N-ethyl adjacent to an activating group) is 1. The standard InChI is InChI=1S/C26H35N5O5S/c1-19-14-31(20(2)17-32)26(33)9-6-12-30-15-23(27-28-30)18-36-25(19)16-29(3)37(34,35)24-11-10-21-7-4-5-8-22(21)13-24/h4-5,7-8,10-11,13,15,19-20,25,32H,6,9,12,14,16-18H2,1-3H3/t19-,20+,25+/m0/s1. The van der Waals surface area contributed by atoms with Crippen molar-refractivity contribution in [1.29, 1.82) is 0 Å². The molecule has 0 unspecified atom stereocenters. The second-order valence-electron chi connectivity index (χ2n) is 9.78. The Morgan fingerprint density at radius 1 is 1.22 bits per heavy atom. The van der Waals surface area contributed by atoms with E-state index in [4.69, 9.17) is 4.74 Å². The molecule has 0 aliphatic carbocycles. The lowest BCUT2D eigenvalue weighted by atomic mass is 10.0. The lowest BCUT2D eigenvalue weighted by Gasteiger charge is -2.35. The van der Waals surface area contributed by atoms with E-state index in [2.05, 4.69) is 10.3 Å². The van der Waals surface area contributed by atoms with Gasteiger partial charge in [-0.25, -0.2) is 8.42 Å². The molecule has 3 aromatic rings. The van der Waals surface area contributed by atoms with E-state index in [0.717, 1.165) is 10.8 Å². The van der Waals surface area contributed by atoms with E-state index in [9.17, 15) is 18.3 Å². The monoisotopic (exact) mass is 529 g/mol. The molecule has 0 spiro atoms. The Balaban J connectivity index is 1.59. The molecule has 10 nitrogen and oxygen atoms in total. The molecule has 1 amide bonds. The largest absolute Gasteiger partial charge is 0.394 e. The average molecular weight is 530 g/mol. The minimum absolute atomic E-state index is 0.0659. The van der Waals surface area contributed by atoms with Crippen LogP contribution >= 0.6 is 0 Å². The van der Waals surface area contributed by atoms with Gasteiger partial charge in [0.05, 0.1) is 36.5 Å². The van der Waals surface area contributed by atoms with E-state index in [1.807, 2.05) is 31.2 Å². The summed E-state index contributed by atoms with van der Waals surface area (Å²) in [6.45, 7) is 4.71. The fraction of sp³-hybridized carbons (Fsp3) is 0.500. The lowest BCUT2D eigenvalue weighted by Crippen LogP contribution is -2.47. The van der Waals surface area contributed by atoms with Crippen LogP contribution in [-0.4, -0.2) is 82.5 Å². The third-order valence-corrected chi connectivity index (χ3v) is 8.73. The van der Waals surface area contributed by atoms with Gasteiger partial charge in [0.15, 0.2) is 0 Å². The highest BCUT2D eigenvalue weighted by Crippen LogP contribution is 2.23. The normalized spacial score (nSPS) is 20.9. The molecule has 2 bridgehead atoms. The van der Waals surface area contributed by atoms with Crippen molar-refractivity contribution in [2.75, 3.05) is 26.7 Å². The number of fused-ring (bicyclic) bond motifs is 3. The summed E-state index contributed by atoms with van der Waals surface area (Å²) in [6, 6.07) is 12.3. The molecule has 0 saturated heterocycles. The van der Waals surface area contributed by atoms with Crippen molar-refractivity contribution in [3.8, 4) is 0 Å². The van der Waals surface area contributed by atoms with Gasteiger partial charge in [-0.1, -0.05) is 42.5 Å². The van der Waals surface area contributed by atoms with Crippen LogP contribution in [0.2, 0.25) is 0 Å². The number of hydrogen-bond donors (Lipinski definition) is 1. The quantitative estimate of drug-likeness (QED) is 0.521. The van der Waals surface area contributed by atoms with Crippen molar-refractivity contribution in [3.63, 3.8) is 0 Å². The van der Waals surface area contributed by atoms with E-state index >= 15 is 0 Å². The molecule has 0 radical (unpaired) electrons. The van der Waals surface area contributed by atoms with Gasteiger partial charge in [0.1, 0.15) is 5.69 Å². The minimum atomic E-state index is -3.80. The van der Waals surface area contributed by atoms with Crippen LogP contribution in [0.15, 0.2) is 53.6 Å². The zero-order chi connectivity index (χ0) is 26.6. The van der Waals surface area contributed by atoms with E-state index in [0.29, 0.717) is 31.6 Å². The van der Waals surface area contributed by atoms with Crippen molar-refractivity contribution in [2.24, 2.45) is 5.92 Å². The second-order valence-corrected chi connectivity index (χ2v) is 11.8. The molecule has 0 fully saturated rings. The van der Waals surface area contributed by atoms with Crippen LogP contribution in [-0.2, 0) is 32.7 Å². The molecule has 4 rings (SSSR count). The molecular weight excluding hydrogens is 494 g/mol. The fourth-order valence-corrected chi connectivity index (χ4v) is 5.77. The number of aliphatic hydroxyl groups excluding tert-OH is 1. The number of carbonyl (C=O) groups is 1. The van der Waals surface area contributed by atoms with Gasteiger partial charge in [0.25, 0.3) is 0 Å². The molecule has 3 atom stereocenters. The number of rotatable bonds is 6. The highest BCUT2D eigenvalue weighted by Gasteiger charge is 2.31. The topological polar surface area (TPSA) is 118 Å². The summed E-state index contributed by atoms with van der Waals surface area (Å²) >= 11 is 0. The van der Waals surface area contributed by atoms with Gasteiger partial charge in [-0.05, 0) is 36.2 Å². The number of ether oxygens (including phenoxy) is 1. The fourth-order valence-electron chi connectivity index (χ4n) is 4.55. The van der Waals surface area contributed by atoms with Crippen molar-refractivity contribution in [3.05, 3.63) is 54.4 Å². The maximum atomic E-state index is 13.5. The molecule has 2 heterocycles. The van der Waals surface area contributed by atoms with Crippen LogP contribution < -0.4 is 0 Å². The van der Waals surface area contributed by atoms with Crippen LogP contribution in [0.1, 0.15) is 32.4 Å². The van der Waals surface area contributed by atoms with Gasteiger partial charge < -0.3 is 14.7 Å². The number of benzene rings is 2. The first kappa shape index (κ1) is 27.2. The average Bonchev–Trinajstić information content (AvgIpc) is 3.35. The number of hydrogen-bond acceptors (Lipinski definition) is 7. The third kappa shape index (κ3) is 6.35. The highest BCUT2D eigenvalue weighted by molar-refractivity contribution is 7.89. The second kappa shape index (κ2) is 11.7. The number of nitrogens with zero attached hydrogens (tertiary/aromatic N) is 5. The Labute approximate surface area is 217 Å². The van der Waals surface area contributed by atoms with Crippen LogP contribution in [0.3, 0.4) is 0 Å².